The molecule has 1 aliphatic carbocycles. The van der Waals surface area contributed by atoms with Gasteiger partial charge in [0.25, 0.3) is 0 Å². The molecule has 0 radical (unpaired) electrons. The molecule has 0 bridgehead atoms. The average molecular weight is 298 g/mol. The van der Waals surface area contributed by atoms with Crippen LogP contribution in [0.2, 0.25) is 5.02 Å². The summed E-state index contributed by atoms with van der Waals surface area (Å²) in [6.45, 7) is 1.15. The van der Waals surface area contributed by atoms with E-state index in [0.717, 1.165) is 36.8 Å². The van der Waals surface area contributed by atoms with Crippen LogP contribution in [-0.2, 0) is 17.6 Å². The molecule has 2 aliphatic rings. The van der Waals surface area contributed by atoms with Crippen LogP contribution in [0.4, 0.5) is 4.39 Å². The Kier molecular flexibility index (Phi) is 3.83. The molecule has 1 amide bonds. The van der Waals surface area contributed by atoms with E-state index in [1.807, 2.05) is 0 Å². The molecule has 1 saturated carbocycles. The van der Waals surface area contributed by atoms with Gasteiger partial charge in [-0.05, 0) is 37.3 Å². The SMILES string of the molecule is O=C(NCCCc1c(Cl)cc(F)c2c1CCO2)C1CC1. The maximum atomic E-state index is 13.7. The zero-order valence-corrected chi connectivity index (χ0v) is 11.9. The molecule has 1 N–H and O–H groups in total. The van der Waals surface area contributed by atoms with E-state index in [4.69, 9.17) is 16.3 Å². The summed E-state index contributed by atoms with van der Waals surface area (Å²) in [7, 11) is 0. The summed E-state index contributed by atoms with van der Waals surface area (Å²) in [5, 5.41) is 3.38. The maximum absolute atomic E-state index is 13.7. The van der Waals surface area contributed by atoms with Crippen molar-refractivity contribution in [2.24, 2.45) is 5.92 Å². The summed E-state index contributed by atoms with van der Waals surface area (Å²) in [5.41, 5.74) is 1.85. The van der Waals surface area contributed by atoms with Gasteiger partial charge in [-0.15, -0.1) is 0 Å². The molecule has 1 aromatic rings. The second-order valence-electron chi connectivity index (χ2n) is 5.39. The van der Waals surface area contributed by atoms with Crippen molar-refractivity contribution in [3.05, 3.63) is 28.0 Å². The zero-order valence-electron chi connectivity index (χ0n) is 11.2. The summed E-state index contributed by atoms with van der Waals surface area (Å²) < 4.78 is 19.0. The zero-order chi connectivity index (χ0) is 14.1. The Labute approximate surface area is 122 Å². The highest BCUT2D eigenvalue weighted by molar-refractivity contribution is 6.31. The van der Waals surface area contributed by atoms with Crippen LogP contribution in [0.15, 0.2) is 6.07 Å². The Bertz CT molecular complexity index is 543. The summed E-state index contributed by atoms with van der Waals surface area (Å²) in [4.78, 5) is 11.5. The molecule has 0 unspecified atom stereocenters. The summed E-state index contributed by atoms with van der Waals surface area (Å²) in [5.74, 6) is 0.366. The van der Waals surface area contributed by atoms with E-state index in [-0.39, 0.29) is 17.6 Å². The van der Waals surface area contributed by atoms with E-state index >= 15 is 0 Å². The molecule has 1 heterocycles. The van der Waals surface area contributed by atoms with Gasteiger partial charge in [-0.1, -0.05) is 11.6 Å². The van der Waals surface area contributed by atoms with Crippen molar-refractivity contribution in [2.45, 2.75) is 32.1 Å². The van der Waals surface area contributed by atoms with E-state index in [1.165, 1.54) is 6.07 Å². The van der Waals surface area contributed by atoms with E-state index in [9.17, 15) is 9.18 Å². The van der Waals surface area contributed by atoms with Crippen LogP contribution in [0.3, 0.4) is 0 Å². The number of nitrogens with one attached hydrogen (secondary N) is 1. The van der Waals surface area contributed by atoms with Gasteiger partial charge < -0.3 is 10.1 Å². The third-order valence-corrected chi connectivity index (χ3v) is 4.18. The van der Waals surface area contributed by atoms with Gasteiger partial charge in [0, 0.05) is 29.5 Å². The van der Waals surface area contributed by atoms with Gasteiger partial charge in [0.05, 0.1) is 6.61 Å². The first-order valence-corrected chi connectivity index (χ1v) is 7.45. The largest absolute Gasteiger partial charge is 0.490 e. The first-order valence-electron chi connectivity index (χ1n) is 7.07. The van der Waals surface area contributed by atoms with Crippen molar-refractivity contribution in [1.82, 2.24) is 5.32 Å². The van der Waals surface area contributed by atoms with Crippen LogP contribution in [0.5, 0.6) is 5.75 Å². The minimum Gasteiger partial charge on any atom is -0.490 e. The molecule has 5 heteroatoms. The minimum atomic E-state index is -0.381. The normalized spacial score (nSPS) is 16.7. The van der Waals surface area contributed by atoms with Gasteiger partial charge in [-0.3, -0.25) is 4.79 Å². The smallest absolute Gasteiger partial charge is 0.223 e. The lowest BCUT2D eigenvalue weighted by atomic mass is 10.0. The highest BCUT2D eigenvalue weighted by Crippen LogP contribution is 2.36. The predicted molar refractivity (Wildman–Crippen MR) is 74.7 cm³/mol. The molecule has 0 spiro atoms. The second kappa shape index (κ2) is 5.60. The van der Waals surface area contributed by atoms with Crippen LogP contribution in [0.1, 0.15) is 30.4 Å². The Balaban J connectivity index is 1.60. The quantitative estimate of drug-likeness (QED) is 0.849. The molecule has 0 saturated heterocycles. The van der Waals surface area contributed by atoms with Gasteiger partial charge in [0.1, 0.15) is 0 Å². The lowest BCUT2D eigenvalue weighted by Gasteiger charge is -2.11. The molecule has 1 aliphatic heterocycles. The van der Waals surface area contributed by atoms with Crippen molar-refractivity contribution in [3.8, 4) is 5.75 Å². The molecule has 3 nitrogen and oxygen atoms in total. The molecule has 1 fully saturated rings. The van der Waals surface area contributed by atoms with Gasteiger partial charge in [-0.2, -0.15) is 0 Å². The fraction of sp³-hybridized carbons (Fsp3) is 0.533. The number of amides is 1. The lowest BCUT2D eigenvalue weighted by molar-refractivity contribution is -0.122. The average Bonchev–Trinajstić information content (AvgIpc) is 3.15. The van der Waals surface area contributed by atoms with Crippen LogP contribution >= 0.6 is 11.6 Å². The van der Waals surface area contributed by atoms with Crippen LogP contribution < -0.4 is 10.1 Å². The number of benzene rings is 1. The molecule has 1 aromatic carbocycles. The Morgan fingerprint density at radius 1 is 1.50 bits per heavy atom. The molecule has 3 rings (SSSR count). The Morgan fingerprint density at radius 3 is 3.05 bits per heavy atom. The number of halogens is 2. The number of fused-ring (bicyclic) bond motifs is 1. The van der Waals surface area contributed by atoms with E-state index in [0.29, 0.717) is 30.3 Å². The van der Waals surface area contributed by atoms with E-state index in [2.05, 4.69) is 5.32 Å². The van der Waals surface area contributed by atoms with Gasteiger partial charge in [-0.25, -0.2) is 4.39 Å². The monoisotopic (exact) mass is 297 g/mol. The minimum absolute atomic E-state index is 0.156. The fourth-order valence-electron chi connectivity index (χ4n) is 2.60. The maximum Gasteiger partial charge on any atom is 0.223 e. The number of carbonyl (C=O) groups is 1. The summed E-state index contributed by atoms with van der Waals surface area (Å²) in [6, 6.07) is 1.32. The third-order valence-electron chi connectivity index (χ3n) is 3.85. The number of hydrogen-bond acceptors (Lipinski definition) is 2. The summed E-state index contributed by atoms with van der Waals surface area (Å²) >= 11 is 6.13. The predicted octanol–water partition coefficient (Wildman–Crippen LogP) is 2.87. The molecular formula is C15H17ClFNO2. The topological polar surface area (TPSA) is 38.3 Å². The van der Waals surface area contributed by atoms with Crippen molar-refractivity contribution < 1.29 is 13.9 Å². The molecule has 108 valence electrons. The summed E-state index contributed by atoms with van der Waals surface area (Å²) in [6.07, 6.45) is 4.27. The second-order valence-corrected chi connectivity index (χ2v) is 5.80. The van der Waals surface area contributed by atoms with Crippen LogP contribution in [0, 0.1) is 11.7 Å². The first-order chi connectivity index (χ1) is 9.66. The van der Waals surface area contributed by atoms with Gasteiger partial charge in [0.2, 0.25) is 5.91 Å². The van der Waals surface area contributed by atoms with E-state index in [1.54, 1.807) is 0 Å². The van der Waals surface area contributed by atoms with Crippen LogP contribution in [0.25, 0.3) is 0 Å². The van der Waals surface area contributed by atoms with E-state index < -0.39 is 0 Å². The fourth-order valence-corrected chi connectivity index (χ4v) is 2.91. The van der Waals surface area contributed by atoms with Crippen LogP contribution in [-0.4, -0.2) is 19.1 Å². The van der Waals surface area contributed by atoms with Crippen molar-refractivity contribution in [3.63, 3.8) is 0 Å². The number of rotatable bonds is 5. The Morgan fingerprint density at radius 2 is 2.30 bits per heavy atom. The third kappa shape index (κ3) is 2.75. The van der Waals surface area contributed by atoms with Gasteiger partial charge in [0.15, 0.2) is 11.6 Å². The van der Waals surface area contributed by atoms with Crippen molar-refractivity contribution in [1.29, 1.82) is 0 Å². The van der Waals surface area contributed by atoms with Gasteiger partial charge >= 0.3 is 0 Å². The number of ether oxygens (including phenoxy) is 1. The highest BCUT2D eigenvalue weighted by Gasteiger charge is 2.29. The number of hydrogen-bond donors (Lipinski definition) is 1. The highest BCUT2D eigenvalue weighted by atomic mass is 35.5. The van der Waals surface area contributed by atoms with Crippen molar-refractivity contribution in [2.75, 3.05) is 13.2 Å². The first kappa shape index (κ1) is 13.7. The molecule has 0 aromatic heterocycles. The Hall–Kier alpha value is -1.29. The lowest BCUT2D eigenvalue weighted by Crippen LogP contribution is -2.26. The molecular weight excluding hydrogens is 281 g/mol. The number of carbonyl (C=O) groups excluding carboxylic acids is 1. The molecule has 20 heavy (non-hydrogen) atoms. The van der Waals surface area contributed by atoms with Crippen molar-refractivity contribution >= 4 is 17.5 Å². The standard InChI is InChI=1S/C15H17ClFNO2/c16-12-8-13(17)14-11(5-7-20-14)10(12)2-1-6-18-15(19)9-3-4-9/h8-9H,1-7H2,(H,18,19). The molecule has 0 atom stereocenters.